The Morgan fingerprint density at radius 3 is 0.912 bits per heavy atom. The molecule has 2 rings (SSSR count). The minimum absolute atomic E-state index is 0. The molecule has 0 N–H and O–H groups in total. The SMILES string of the molecule is C1=CCCC1.C1=CCCCC1.CC(F)=C(F)C(F)(F)C(F)(F)F.CC(F)=C(F)C(F)(F)F.F.F. The summed E-state index contributed by atoms with van der Waals surface area (Å²) in [7, 11) is 0. The first-order valence-corrected chi connectivity index (χ1v) is 9.32. The lowest BCUT2D eigenvalue weighted by Gasteiger charge is -2.17. The Bertz CT molecular complexity index is 629. The third-order valence-corrected chi connectivity index (χ3v) is 3.55. The molecule has 0 atom stereocenters. The predicted molar refractivity (Wildman–Crippen MR) is 102 cm³/mol. The molecule has 0 aromatic heterocycles. The second kappa shape index (κ2) is 18.3. The van der Waals surface area contributed by atoms with Crippen LogP contribution in [-0.2, 0) is 0 Å². The molecule has 34 heavy (non-hydrogen) atoms. The van der Waals surface area contributed by atoms with Gasteiger partial charge in [-0.2, -0.15) is 39.5 Å². The second-order valence-corrected chi connectivity index (χ2v) is 6.42. The minimum atomic E-state index is -6.11. The molecule has 0 unspecified atom stereocenters. The van der Waals surface area contributed by atoms with Crippen molar-refractivity contribution < 1.29 is 62.1 Å². The van der Waals surface area contributed by atoms with Crippen LogP contribution >= 0.6 is 0 Å². The van der Waals surface area contributed by atoms with Crippen molar-refractivity contribution in [3.05, 3.63) is 47.6 Å². The van der Waals surface area contributed by atoms with E-state index in [0.29, 0.717) is 6.92 Å². The summed E-state index contributed by atoms with van der Waals surface area (Å²) in [5, 5.41) is 0. The molecule has 0 saturated carbocycles. The smallest absolute Gasteiger partial charge is 0.269 e. The van der Waals surface area contributed by atoms with Gasteiger partial charge >= 0.3 is 18.3 Å². The van der Waals surface area contributed by atoms with Crippen LogP contribution in [0.25, 0.3) is 0 Å². The molecule has 14 heteroatoms. The van der Waals surface area contributed by atoms with Gasteiger partial charge in [0.1, 0.15) is 11.7 Å². The van der Waals surface area contributed by atoms with Gasteiger partial charge in [-0.1, -0.05) is 24.3 Å². The Morgan fingerprint density at radius 1 is 0.529 bits per heavy atom. The van der Waals surface area contributed by atoms with E-state index in [9.17, 15) is 52.7 Å². The second-order valence-electron chi connectivity index (χ2n) is 6.42. The highest BCUT2D eigenvalue weighted by molar-refractivity contribution is 5.10. The Morgan fingerprint density at radius 2 is 0.824 bits per heavy atom. The quantitative estimate of drug-likeness (QED) is 0.233. The standard InChI is InChI=1S/C6H10.C5H3F7.C5H8.C4H3F5.2FH/c1-2-4-6-5-3-1;1-2(6)3(7)4(8,9)5(10,11)12;1-2-4-5-3-1;1-2(5)3(6)4(7,8)9;;/h1-2H,3-6H2;1H3;1-2H,3-5H2;1H3;2*1H. The molecular formula is C20H26F14. The third-order valence-electron chi connectivity index (χ3n) is 3.55. The normalized spacial score (nSPS) is 16.5. The summed E-state index contributed by atoms with van der Waals surface area (Å²) in [6.45, 7) is 0.581. The van der Waals surface area contributed by atoms with E-state index in [1.54, 1.807) is 0 Å². The molecule has 0 aromatic carbocycles. The lowest BCUT2D eigenvalue weighted by molar-refractivity contribution is -0.271. The van der Waals surface area contributed by atoms with Crippen LogP contribution in [0.5, 0.6) is 0 Å². The van der Waals surface area contributed by atoms with E-state index in [1.807, 2.05) is 0 Å². The van der Waals surface area contributed by atoms with Crippen LogP contribution < -0.4 is 0 Å². The van der Waals surface area contributed by atoms with Gasteiger partial charge in [-0.25, -0.2) is 13.2 Å². The fraction of sp³-hybridized carbons (Fsp3) is 0.600. The molecule has 0 aromatic rings. The zero-order valence-corrected chi connectivity index (χ0v) is 18.1. The van der Waals surface area contributed by atoms with Crippen molar-refractivity contribution >= 4 is 0 Å². The maximum atomic E-state index is 11.8. The van der Waals surface area contributed by atoms with Gasteiger partial charge in [-0.3, -0.25) is 9.41 Å². The van der Waals surface area contributed by atoms with Crippen LogP contribution in [0.2, 0.25) is 0 Å². The molecule has 0 spiro atoms. The molecule has 0 nitrogen and oxygen atoms in total. The molecule has 2 aliphatic rings. The molecule has 0 heterocycles. The molecule has 2 aliphatic carbocycles. The third kappa shape index (κ3) is 17.5. The number of halogens is 14. The van der Waals surface area contributed by atoms with E-state index in [-0.39, 0.29) is 16.3 Å². The molecule has 0 saturated heterocycles. The van der Waals surface area contributed by atoms with Crippen LogP contribution in [0, 0.1) is 0 Å². The monoisotopic (exact) mass is 532 g/mol. The molecule has 0 aliphatic heterocycles. The average molecular weight is 532 g/mol. The van der Waals surface area contributed by atoms with Crippen molar-refractivity contribution in [2.75, 3.05) is 0 Å². The summed E-state index contributed by atoms with van der Waals surface area (Å²) < 4.78 is 137. The fourth-order valence-electron chi connectivity index (χ4n) is 1.89. The van der Waals surface area contributed by atoms with E-state index in [4.69, 9.17) is 0 Å². The Labute approximate surface area is 187 Å². The highest BCUT2D eigenvalue weighted by Gasteiger charge is 2.62. The summed E-state index contributed by atoms with van der Waals surface area (Å²) in [5.74, 6) is -15.5. The van der Waals surface area contributed by atoms with Crippen molar-refractivity contribution in [1.29, 1.82) is 0 Å². The number of alkyl halides is 8. The van der Waals surface area contributed by atoms with Crippen molar-refractivity contribution in [1.82, 2.24) is 0 Å². The number of allylic oxidation sites excluding steroid dienone is 8. The van der Waals surface area contributed by atoms with Crippen LogP contribution in [0.4, 0.5) is 62.1 Å². The number of hydrogen-bond acceptors (Lipinski definition) is 0. The average Bonchev–Trinajstić information content (AvgIpc) is 3.27. The lowest BCUT2D eigenvalue weighted by atomic mass is 10.1. The molecule has 0 fully saturated rings. The van der Waals surface area contributed by atoms with Crippen LogP contribution in [-0.4, -0.2) is 18.3 Å². The summed E-state index contributed by atoms with van der Waals surface area (Å²) in [5.41, 5.74) is 0. The summed E-state index contributed by atoms with van der Waals surface area (Å²) in [6.07, 6.45) is 7.21. The fourth-order valence-corrected chi connectivity index (χ4v) is 1.89. The largest absolute Gasteiger partial charge is 0.460 e. The Kier molecular flexibility index (Phi) is 21.1. The van der Waals surface area contributed by atoms with Gasteiger partial charge in [0, 0.05) is 0 Å². The van der Waals surface area contributed by atoms with E-state index < -0.39 is 41.6 Å². The van der Waals surface area contributed by atoms with Crippen molar-refractivity contribution in [2.24, 2.45) is 0 Å². The van der Waals surface area contributed by atoms with E-state index >= 15 is 0 Å². The summed E-state index contributed by atoms with van der Waals surface area (Å²) in [4.78, 5) is 0. The van der Waals surface area contributed by atoms with Gasteiger partial charge in [0.25, 0.3) is 0 Å². The predicted octanol–water partition coefficient (Wildman–Crippen LogP) is 10.2. The van der Waals surface area contributed by atoms with Gasteiger partial charge in [0.15, 0.2) is 0 Å². The molecular weight excluding hydrogens is 506 g/mol. The highest BCUT2D eigenvalue weighted by atomic mass is 19.4. The van der Waals surface area contributed by atoms with E-state index in [2.05, 4.69) is 24.3 Å². The summed E-state index contributed by atoms with van der Waals surface area (Å²) in [6, 6.07) is 0. The van der Waals surface area contributed by atoms with Crippen LogP contribution in [0.15, 0.2) is 47.6 Å². The molecule has 0 bridgehead atoms. The first-order chi connectivity index (χ1) is 14.5. The van der Waals surface area contributed by atoms with E-state index in [0.717, 1.165) is 0 Å². The maximum absolute atomic E-state index is 11.8. The van der Waals surface area contributed by atoms with Crippen molar-refractivity contribution in [3.63, 3.8) is 0 Å². The number of rotatable bonds is 1. The topological polar surface area (TPSA) is 0 Å². The Hall–Kier alpha value is -2.02. The van der Waals surface area contributed by atoms with Crippen molar-refractivity contribution in [3.8, 4) is 0 Å². The molecule has 204 valence electrons. The molecule has 0 amide bonds. The number of hydrogen-bond donors (Lipinski definition) is 0. The first-order valence-electron chi connectivity index (χ1n) is 9.32. The minimum Gasteiger partial charge on any atom is -0.269 e. The maximum Gasteiger partial charge on any atom is 0.460 e. The van der Waals surface area contributed by atoms with Crippen LogP contribution in [0.3, 0.4) is 0 Å². The zero-order chi connectivity index (χ0) is 25.6. The summed E-state index contributed by atoms with van der Waals surface area (Å²) >= 11 is 0. The van der Waals surface area contributed by atoms with Gasteiger partial charge < -0.3 is 0 Å². The highest BCUT2D eigenvalue weighted by Crippen LogP contribution is 2.42. The van der Waals surface area contributed by atoms with Gasteiger partial charge in [-0.15, -0.1) is 0 Å². The first kappa shape index (κ1) is 39.2. The van der Waals surface area contributed by atoms with Crippen molar-refractivity contribution in [2.45, 2.75) is 77.1 Å². The lowest BCUT2D eigenvalue weighted by Crippen LogP contribution is -2.37. The van der Waals surface area contributed by atoms with Gasteiger partial charge in [0.2, 0.25) is 11.7 Å². The van der Waals surface area contributed by atoms with Crippen LogP contribution in [0.1, 0.15) is 58.8 Å². The Balaban J connectivity index is -0.000000181. The molecule has 0 radical (unpaired) electrons. The zero-order valence-electron chi connectivity index (χ0n) is 18.1. The van der Waals surface area contributed by atoms with E-state index in [1.165, 1.54) is 44.9 Å². The van der Waals surface area contributed by atoms with Gasteiger partial charge in [0.05, 0.1) is 0 Å². The van der Waals surface area contributed by atoms with Gasteiger partial charge in [-0.05, 0) is 58.8 Å².